The quantitative estimate of drug-likeness (QED) is 0.0508. The fourth-order valence-corrected chi connectivity index (χ4v) is 4.98. The topological polar surface area (TPSA) is 315 Å². The number of carboxylic acids is 2. The number of nitrogens with two attached hydrogens (primary N) is 3. The molecule has 0 radical (unpaired) electrons. The van der Waals surface area contributed by atoms with E-state index in [9.17, 15) is 43.5 Å². The summed E-state index contributed by atoms with van der Waals surface area (Å²) in [5, 5.41) is 31.4. The second-order valence-electron chi connectivity index (χ2n) is 13.0. The Labute approximate surface area is 302 Å². The third-order valence-corrected chi connectivity index (χ3v) is 7.89. The summed E-state index contributed by atoms with van der Waals surface area (Å²) in [7, 11) is 0. The lowest BCUT2D eigenvalue weighted by atomic mass is 10.0. The minimum Gasteiger partial charge on any atom is -0.481 e. The molecule has 52 heavy (non-hydrogen) atoms. The molecule has 18 heteroatoms. The maximum Gasteiger partial charge on any atom is 0.326 e. The van der Waals surface area contributed by atoms with Crippen LogP contribution in [0.15, 0.2) is 30.3 Å². The Balaban J connectivity index is 3.08. The summed E-state index contributed by atoms with van der Waals surface area (Å²) in [6.07, 6.45) is 0.0702. The van der Waals surface area contributed by atoms with Gasteiger partial charge in [0, 0.05) is 19.3 Å². The second kappa shape index (κ2) is 23.4. The smallest absolute Gasteiger partial charge is 0.326 e. The second-order valence-corrected chi connectivity index (χ2v) is 13.0. The van der Waals surface area contributed by atoms with E-state index in [1.807, 2.05) is 0 Å². The Morgan fingerprint density at radius 1 is 0.654 bits per heavy atom. The van der Waals surface area contributed by atoms with Gasteiger partial charge < -0.3 is 54.0 Å². The van der Waals surface area contributed by atoms with Crippen LogP contribution in [0.5, 0.6) is 0 Å². The third kappa shape index (κ3) is 17.7. The molecule has 0 aromatic heterocycles. The third-order valence-electron chi connectivity index (χ3n) is 7.89. The fourth-order valence-electron chi connectivity index (χ4n) is 4.98. The molecule has 1 aromatic carbocycles. The first-order chi connectivity index (χ1) is 24.4. The highest BCUT2D eigenvalue weighted by Gasteiger charge is 2.32. The van der Waals surface area contributed by atoms with Gasteiger partial charge in [-0.15, -0.1) is 0 Å². The van der Waals surface area contributed by atoms with Crippen molar-refractivity contribution in [2.75, 3.05) is 6.54 Å². The number of primary amides is 1. The average Bonchev–Trinajstić information content (AvgIpc) is 3.07. The predicted molar refractivity (Wildman–Crippen MR) is 189 cm³/mol. The summed E-state index contributed by atoms with van der Waals surface area (Å²) >= 11 is 0. The van der Waals surface area contributed by atoms with E-state index < -0.39 is 90.1 Å². The van der Waals surface area contributed by atoms with Crippen LogP contribution in [-0.4, -0.2) is 100 Å². The number of hydrogen-bond acceptors (Lipinski definition) is 10. The van der Waals surface area contributed by atoms with Gasteiger partial charge >= 0.3 is 11.9 Å². The van der Waals surface area contributed by atoms with Gasteiger partial charge in [0.25, 0.3) is 0 Å². The zero-order valence-electron chi connectivity index (χ0n) is 29.9. The lowest BCUT2D eigenvalue weighted by Crippen LogP contribution is -2.59. The number of carbonyl (C=O) groups is 8. The van der Waals surface area contributed by atoms with Gasteiger partial charge in [0.2, 0.25) is 35.4 Å². The molecule has 18 nitrogen and oxygen atoms in total. The van der Waals surface area contributed by atoms with Crippen LogP contribution in [0.4, 0.5) is 0 Å². The number of aliphatic carboxylic acids is 2. The molecule has 0 heterocycles. The monoisotopic (exact) mass is 734 g/mol. The SMILES string of the molecule is CC(C)C[C@H](NC(=O)[C@H](C)NC(=O)[C@H](CCC(=O)O)NC(=O)[C@@H](N)CCC(N)=O)C(=O)N[C@@H](CCCCN)C(=O)N[C@@H](Cc1ccccc1)C(=O)O. The van der Waals surface area contributed by atoms with Crippen molar-refractivity contribution in [3.8, 4) is 0 Å². The number of rotatable bonds is 25. The van der Waals surface area contributed by atoms with Gasteiger partial charge in [-0.25, -0.2) is 4.79 Å². The highest BCUT2D eigenvalue weighted by Crippen LogP contribution is 2.10. The van der Waals surface area contributed by atoms with Crippen molar-refractivity contribution < 1.29 is 48.6 Å². The molecule has 1 rings (SSSR count). The van der Waals surface area contributed by atoms with E-state index in [0.29, 0.717) is 24.9 Å². The minimum absolute atomic E-state index is 0.00393. The molecule has 0 fully saturated rings. The van der Waals surface area contributed by atoms with Gasteiger partial charge in [-0.05, 0) is 63.5 Å². The molecule has 13 N–H and O–H groups in total. The maximum atomic E-state index is 13.6. The molecule has 1 aromatic rings. The Morgan fingerprint density at radius 3 is 1.75 bits per heavy atom. The van der Waals surface area contributed by atoms with E-state index >= 15 is 0 Å². The van der Waals surface area contributed by atoms with Crippen molar-refractivity contribution in [2.24, 2.45) is 23.1 Å². The molecule has 0 aliphatic rings. The van der Waals surface area contributed by atoms with Crippen molar-refractivity contribution >= 4 is 47.4 Å². The van der Waals surface area contributed by atoms with Gasteiger partial charge in [-0.1, -0.05) is 44.2 Å². The normalized spacial score (nSPS) is 14.4. The molecular weight excluding hydrogens is 680 g/mol. The Kier molecular flexibility index (Phi) is 20.2. The number of amides is 6. The largest absolute Gasteiger partial charge is 0.481 e. The van der Waals surface area contributed by atoms with Gasteiger partial charge in [-0.3, -0.25) is 33.6 Å². The maximum absolute atomic E-state index is 13.6. The number of hydrogen-bond donors (Lipinski definition) is 10. The number of nitrogens with one attached hydrogen (secondary N) is 5. The van der Waals surface area contributed by atoms with Crippen molar-refractivity contribution in [1.82, 2.24) is 26.6 Å². The average molecular weight is 735 g/mol. The summed E-state index contributed by atoms with van der Waals surface area (Å²) < 4.78 is 0. The number of carboxylic acid groups (broad SMARTS) is 2. The standard InChI is InChI=1S/C34H54N8O10/c1-19(2)17-25(33(50)40-23(11-7-8-16-35)32(49)42-26(34(51)52)18-21-9-5-4-6-10-21)41-29(46)20(3)38-31(48)24(13-15-28(44)45)39-30(47)22(36)12-14-27(37)43/h4-6,9-10,19-20,22-26H,7-8,11-18,35-36H2,1-3H3,(H2,37,43)(H,38,48)(H,39,47)(H,40,50)(H,41,46)(H,42,49)(H,44,45)(H,51,52)/t20-,22-,23-,24-,25-,26-/m0/s1. The predicted octanol–water partition coefficient (Wildman–Crippen LogP) is -1.61. The van der Waals surface area contributed by atoms with Crippen LogP contribution in [0.25, 0.3) is 0 Å². The molecule has 6 atom stereocenters. The van der Waals surface area contributed by atoms with Gasteiger partial charge in [0.15, 0.2) is 0 Å². The van der Waals surface area contributed by atoms with E-state index in [1.165, 1.54) is 6.92 Å². The molecule has 0 saturated carbocycles. The summed E-state index contributed by atoms with van der Waals surface area (Å²) in [5.41, 5.74) is 17.2. The molecule has 0 unspecified atom stereocenters. The Morgan fingerprint density at radius 2 is 1.19 bits per heavy atom. The first kappa shape index (κ1) is 44.9. The molecule has 0 bridgehead atoms. The summed E-state index contributed by atoms with van der Waals surface area (Å²) in [4.78, 5) is 100. The summed E-state index contributed by atoms with van der Waals surface area (Å²) in [6.45, 7) is 5.24. The molecule has 0 aliphatic carbocycles. The van der Waals surface area contributed by atoms with E-state index in [-0.39, 0.29) is 44.4 Å². The van der Waals surface area contributed by atoms with Crippen LogP contribution in [0.3, 0.4) is 0 Å². The van der Waals surface area contributed by atoms with Crippen molar-refractivity contribution in [3.05, 3.63) is 35.9 Å². The lowest BCUT2D eigenvalue weighted by molar-refractivity contribution is -0.142. The van der Waals surface area contributed by atoms with E-state index in [4.69, 9.17) is 22.3 Å². The fraction of sp³-hybridized carbons (Fsp3) is 0.588. The van der Waals surface area contributed by atoms with Gasteiger partial charge in [0.1, 0.15) is 30.2 Å². The molecule has 0 aliphatic heterocycles. The lowest BCUT2D eigenvalue weighted by Gasteiger charge is -2.27. The molecule has 0 saturated heterocycles. The minimum atomic E-state index is -1.41. The number of benzene rings is 1. The zero-order chi connectivity index (χ0) is 39.4. The van der Waals surface area contributed by atoms with Gasteiger partial charge in [0.05, 0.1) is 6.04 Å². The molecule has 6 amide bonds. The van der Waals surface area contributed by atoms with Crippen molar-refractivity contribution in [3.63, 3.8) is 0 Å². The van der Waals surface area contributed by atoms with E-state index in [2.05, 4.69) is 26.6 Å². The first-order valence-electron chi connectivity index (χ1n) is 17.2. The zero-order valence-corrected chi connectivity index (χ0v) is 29.9. The highest BCUT2D eigenvalue weighted by atomic mass is 16.4. The van der Waals surface area contributed by atoms with E-state index in [0.717, 1.165) is 0 Å². The van der Waals surface area contributed by atoms with Crippen LogP contribution in [0.1, 0.15) is 77.7 Å². The van der Waals surface area contributed by atoms with Crippen molar-refractivity contribution in [2.45, 2.75) is 115 Å². The van der Waals surface area contributed by atoms with E-state index in [1.54, 1.807) is 44.2 Å². The first-order valence-corrected chi connectivity index (χ1v) is 17.2. The van der Waals surface area contributed by atoms with Crippen LogP contribution < -0.4 is 43.8 Å². The van der Waals surface area contributed by atoms with Crippen LogP contribution in [0.2, 0.25) is 0 Å². The van der Waals surface area contributed by atoms with Crippen LogP contribution in [-0.2, 0) is 44.8 Å². The summed E-state index contributed by atoms with van der Waals surface area (Å²) in [6, 6.07) is 1.18. The summed E-state index contributed by atoms with van der Waals surface area (Å²) in [5.74, 6) is -7.31. The Hall–Kier alpha value is -5.10. The molecular formula is C34H54N8O10. The number of unbranched alkanes of at least 4 members (excludes halogenated alkanes) is 1. The van der Waals surface area contributed by atoms with Crippen LogP contribution in [0, 0.1) is 5.92 Å². The van der Waals surface area contributed by atoms with Crippen LogP contribution >= 0.6 is 0 Å². The Bertz CT molecular complexity index is 1380. The number of carbonyl (C=O) groups excluding carboxylic acids is 6. The molecule has 0 spiro atoms. The highest BCUT2D eigenvalue weighted by molar-refractivity contribution is 5.96. The molecule has 290 valence electrons. The van der Waals surface area contributed by atoms with Crippen molar-refractivity contribution in [1.29, 1.82) is 0 Å². The van der Waals surface area contributed by atoms with Gasteiger partial charge in [-0.2, -0.15) is 0 Å².